The van der Waals surface area contributed by atoms with E-state index in [2.05, 4.69) is 31.1 Å². The largest absolute Gasteiger partial charge is 0.369 e. The molecule has 0 aromatic carbocycles. The van der Waals surface area contributed by atoms with Crippen molar-refractivity contribution < 1.29 is 4.79 Å². The van der Waals surface area contributed by atoms with Crippen molar-refractivity contribution in [2.45, 2.75) is 52.9 Å². The lowest BCUT2D eigenvalue weighted by Crippen LogP contribution is -2.29. The number of anilines is 1. The molecule has 3 heterocycles. The topological polar surface area (TPSA) is 66.7 Å². The number of thioether (sulfide) groups is 1. The van der Waals surface area contributed by atoms with Crippen molar-refractivity contribution in [2.24, 2.45) is 5.92 Å². The van der Waals surface area contributed by atoms with E-state index >= 15 is 0 Å². The Kier molecular flexibility index (Phi) is 8.26. The first kappa shape index (κ1) is 23.5. The summed E-state index contributed by atoms with van der Waals surface area (Å²) in [7, 11) is 0. The lowest BCUT2D eigenvalue weighted by atomic mass is 10.1. The minimum absolute atomic E-state index is 0.127. The molecule has 0 saturated carbocycles. The number of thiocarbonyl (C=S) groups is 1. The van der Waals surface area contributed by atoms with Crippen LogP contribution in [0, 0.1) is 5.92 Å². The Morgan fingerprint density at radius 3 is 2.71 bits per heavy atom. The highest BCUT2D eigenvalue weighted by atomic mass is 32.2. The fraction of sp³-hybridized carbons (Fsp3) is 0.478. The standard InChI is InChI=1S/C23H30N4O2S2/c1-4-5-6-7-9-13-27-22(29)18(31-23(27)30)14-17-20(24-15-16(2)3)25-19-11-8-10-12-26(19)21(17)28/h8,10-12,14,16,24H,4-7,9,13,15H2,1-3H3/b18-14-. The van der Waals surface area contributed by atoms with Crippen LogP contribution in [0.5, 0.6) is 0 Å². The summed E-state index contributed by atoms with van der Waals surface area (Å²) in [5.74, 6) is 0.752. The number of rotatable bonds is 10. The number of fused-ring (bicyclic) bond motifs is 1. The second-order valence-electron chi connectivity index (χ2n) is 8.13. The molecule has 31 heavy (non-hydrogen) atoms. The fourth-order valence-corrected chi connectivity index (χ4v) is 4.66. The van der Waals surface area contributed by atoms with Crippen molar-refractivity contribution in [3.8, 4) is 0 Å². The monoisotopic (exact) mass is 458 g/mol. The molecular formula is C23H30N4O2S2. The number of nitrogens with one attached hydrogen (secondary N) is 1. The smallest absolute Gasteiger partial charge is 0.267 e. The van der Waals surface area contributed by atoms with Gasteiger partial charge in [0.25, 0.3) is 11.5 Å². The highest BCUT2D eigenvalue weighted by Crippen LogP contribution is 2.33. The molecule has 1 N–H and O–H groups in total. The van der Waals surface area contributed by atoms with Crippen LogP contribution in [0.2, 0.25) is 0 Å². The van der Waals surface area contributed by atoms with Crippen LogP contribution in [0.3, 0.4) is 0 Å². The molecule has 1 aliphatic heterocycles. The third-order valence-corrected chi connectivity index (χ3v) is 6.46. The number of nitrogens with zero attached hydrogens (tertiary/aromatic N) is 3. The van der Waals surface area contributed by atoms with Gasteiger partial charge in [-0.15, -0.1) is 0 Å². The number of pyridine rings is 1. The van der Waals surface area contributed by atoms with Gasteiger partial charge in [-0.3, -0.25) is 18.9 Å². The van der Waals surface area contributed by atoms with Crippen LogP contribution in [0.25, 0.3) is 11.7 Å². The normalized spacial score (nSPS) is 15.6. The van der Waals surface area contributed by atoms with E-state index in [0.717, 1.165) is 12.8 Å². The van der Waals surface area contributed by atoms with Gasteiger partial charge in [-0.25, -0.2) is 4.98 Å². The first-order chi connectivity index (χ1) is 14.9. The Balaban J connectivity index is 1.89. The van der Waals surface area contributed by atoms with Crippen LogP contribution in [-0.2, 0) is 4.79 Å². The zero-order valence-corrected chi connectivity index (χ0v) is 20.0. The van der Waals surface area contributed by atoms with E-state index in [1.807, 2.05) is 6.07 Å². The number of hydrogen-bond donors (Lipinski definition) is 1. The molecule has 2 aromatic rings. The van der Waals surface area contributed by atoms with E-state index in [1.165, 1.54) is 35.4 Å². The lowest BCUT2D eigenvalue weighted by Gasteiger charge is -2.14. The molecule has 3 rings (SSSR count). The van der Waals surface area contributed by atoms with Crippen molar-refractivity contribution in [1.82, 2.24) is 14.3 Å². The Morgan fingerprint density at radius 2 is 1.97 bits per heavy atom. The van der Waals surface area contributed by atoms with Gasteiger partial charge in [0.2, 0.25) is 0 Å². The third kappa shape index (κ3) is 5.74. The summed E-state index contributed by atoms with van der Waals surface area (Å²) in [6, 6.07) is 5.43. The molecule has 2 aromatic heterocycles. The molecule has 0 spiro atoms. The van der Waals surface area contributed by atoms with E-state index in [1.54, 1.807) is 29.3 Å². The minimum atomic E-state index is -0.207. The first-order valence-corrected chi connectivity index (χ1v) is 12.2. The number of unbranched alkanes of at least 4 members (excludes halogenated alkanes) is 4. The molecular weight excluding hydrogens is 428 g/mol. The molecule has 0 atom stereocenters. The van der Waals surface area contributed by atoms with Crippen molar-refractivity contribution >= 4 is 51.7 Å². The third-order valence-electron chi connectivity index (χ3n) is 5.08. The molecule has 0 aliphatic carbocycles. The maximum absolute atomic E-state index is 13.2. The van der Waals surface area contributed by atoms with Crippen LogP contribution in [-0.4, -0.2) is 37.6 Å². The van der Waals surface area contributed by atoms with Crippen LogP contribution in [0.1, 0.15) is 58.4 Å². The average Bonchev–Trinajstić information content (AvgIpc) is 3.01. The first-order valence-electron chi connectivity index (χ1n) is 10.9. The predicted octanol–water partition coefficient (Wildman–Crippen LogP) is 4.93. The summed E-state index contributed by atoms with van der Waals surface area (Å²) in [5.41, 5.74) is 0.741. The van der Waals surface area contributed by atoms with Gasteiger partial charge in [-0.1, -0.05) is 76.5 Å². The summed E-state index contributed by atoms with van der Waals surface area (Å²) in [4.78, 5) is 32.9. The lowest BCUT2D eigenvalue weighted by molar-refractivity contribution is -0.122. The minimum Gasteiger partial charge on any atom is -0.369 e. The predicted molar refractivity (Wildman–Crippen MR) is 133 cm³/mol. The Hall–Kier alpha value is -2.19. The molecule has 1 fully saturated rings. The Morgan fingerprint density at radius 1 is 1.19 bits per heavy atom. The van der Waals surface area contributed by atoms with Crippen LogP contribution in [0.15, 0.2) is 34.1 Å². The zero-order chi connectivity index (χ0) is 22.4. The Bertz CT molecular complexity index is 1050. The van der Waals surface area contributed by atoms with Gasteiger partial charge < -0.3 is 5.32 Å². The van der Waals surface area contributed by atoms with Crippen molar-refractivity contribution in [1.29, 1.82) is 0 Å². The number of amides is 1. The molecule has 6 nitrogen and oxygen atoms in total. The molecule has 1 amide bonds. The van der Waals surface area contributed by atoms with Crippen LogP contribution in [0.4, 0.5) is 5.82 Å². The number of carbonyl (C=O) groups is 1. The second-order valence-corrected chi connectivity index (χ2v) is 9.81. The Labute approximate surface area is 193 Å². The number of carbonyl (C=O) groups excluding carboxylic acids is 1. The molecule has 0 unspecified atom stereocenters. The average molecular weight is 459 g/mol. The maximum Gasteiger partial charge on any atom is 0.267 e. The van der Waals surface area contributed by atoms with Gasteiger partial charge in [0.05, 0.1) is 10.5 Å². The summed E-state index contributed by atoms with van der Waals surface area (Å²) in [6.45, 7) is 7.66. The summed E-state index contributed by atoms with van der Waals surface area (Å²) in [6.07, 6.45) is 8.93. The summed E-state index contributed by atoms with van der Waals surface area (Å²) in [5, 5.41) is 3.27. The van der Waals surface area contributed by atoms with E-state index in [9.17, 15) is 9.59 Å². The van der Waals surface area contributed by atoms with Gasteiger partial charge in [0.1, 0.15) is 15.8 Å². The molecule has 8 heteroatoms. The van der Waals surface area contributed by atoms with Gasteiger partial charge >= 0.3 is 0 Å². The van der Waals surface area contributed by atoms with Crippen molar-refractivity contribution in [3.63, 3.8) is 0 Å². The number of aromatic nitrogens is 2. The van der Waals surface area contributed by atoms with Crippen molar-refractivity contribution in [2.75, 3.05) is 18.4 Å². The quantitative estimate of drug-likeness (QED) is 0.309. The molecule has 1 saturated heterocycles. The highest BCUT2D eigenvalue weighted by Gasteiger charge is 2.32. The van der Waals surface area contributed by atoms with Crippen LogP contribution >= 0.6 is 24.0 Å². The fourth-order valence-electron chi connectivity index (χ4n) is 3.37. The maximum atomic E-state index is 13.2. The molecule has 0 radical (unpaired) electrons. The second kappa shape index (κ2) is 10.9. The van der Waals surface area contributed by atoms with Gasteiger partial charge in [-0.2, -0.15) is 0 Å². The summed E-state index contributed by atoms with van der Waals surface area (Å²) < 4.78 is 2.05. The highest BCUT2D eigenvalue weighted by molar-refractivity contribution is 8.26. The molecule has 1 aliphatic rings. The van der Waals surface area contributed by atoms with E-state index in [4.69, 9.17) is 12.2 Å². The number of hydrogen-bond acceptors (Lipinski definition) is 6. The molecule has 166 valence electrons. The van der Waals surface area contributed by atoms with Gasteiger partial charge in [0, 0.05) is 19.3 Å². The molecule has 0 bridgehead atoms. The van der Waals surface area contributed by atoms with E-state index < -0.39 is 0 Å². The van der Waals surface area contributed by atoms with Crippen molar-refractivity contribution in [3.05, 3.63) is 45.2 Å². The van der Waals surface area contributed by atoms with E-state index in [-0.39, 0.29) is 11.5 Å². The zero-order valence-electron chi connectivity index (χ0n) is 18.4. The van der Waals surface area contributed by atoms with Gasteiger partial charge in [-0.05, 0) is 30.5 Å². The van der Waals surface area contributed by atoms with Gasteiger partial charge in [0.15, 0.2) is 0 Å². The SMILES string of the molecule is CCCCCCCN1C(=O)/C(=C/c2c(NCC(C)C)nc3ccccn3c2=O)SC1=S. The van der Waals surface area contributed by atoms with Crippen LogP contribution < -0.4 is 10.9 Å². The van der Waals surface area contributed by atoms with E-state index in [0.29, 0.717) is 45.3 Å². The summed E-state index contributed by atoms with van der Waals surface area (Å²) >= 11 is 6.71.